The molecule has 0 radical (unpaired) electrons. The van der Waals surface area contributed by atoms with E-state index in [1.807, 2.05) is 0 Å². The molecule has 1 aromatic rings. The first kappa shape index (κ1) is 15.3. The highest BCUT2D eigenvalue weighted by Crippen LogP contribution is 2.38. The number of rotatable bonds is 3. The third-order valence-corrected chi connectivity index (χ3v) is 4.68. The molecule has 0 bridgehead atoms. The van der Waals surface area contributed by atoms with Crippen LogP contribution >= 0.6 is 11.6 Å². The van der Waals surface area contributed by atoms with E-state index in [2.05, 4.69) is 42.6 Å². The van der Waals surface area contributed by atoms with Gasteiger partial charge in [-0.1, -0.05) is 39.0 Å². The average Bonchev–Trinajstić information content (AvgIpc) is 2.41. The molecule has 110 valence electrons. The van der Waals surface area contributed by atoms with Crippen molar-refractivity contribution >= 4 is 23.5 Å². The maximum Gasteiger partial charge on any atom is 0.149 e. The fourth-order valence-electron chi connectivity index (χ4n) is 2.92. The molecule has 1 heterocycles. The SMILES string of the molecule is C=Cc1ncnc(N[C@H]2CC[C@@H](C(C)(C)C)CC2)c1Cl. The molecule has 0 saturated heterocycles. The first-order valence-electron chi connectivity index (χ1n) is 7.31. The quantitative estimate of drug-likeness (QED) is 0.870. The van der Waals surface area contributed by atoms with Gasteiger partial charge in [0.15, 0.2) is 0 Å². The van der Waals surface area contributed by atoms with Crippen molar-refractivity contribution in [2.45, 2.75) is 52.5 Å². The van der Waals surface area contributed by atoms with Gasteiger partial charge in [-0.3, -0.25) is 0 Å². The van der Waals surface area contributed by atoms with Gasteiger partial charge in [-0.25, -0.2) is 9.97 Å². The third kappa shape index (κ3) is 3.51. The Morgan fingerprint density at radius 2 is 1.90 bits per heavy atom. The molecule has 0 atom stereocenters. The van der Waals surface area contributed by atoms with E-state index in [0.717, 1.165) is 11.7 Å². The second-order valence-electron chi connectivity index (χ2n) is 6.68. The lowest BCUT2D eigenvalue weighted by atomic mass is 9.71. The lowest BCUT2D eigenvalue weighted by molar-refractivity contribution is 0.173. The van der Waals surface area contributed by atoms with Gasteiger partial charge in [0.1, 0.15) is 17.2 Å². The molecule has 0 aliphatic heterocycles. The molecule has 3 nitrogen and oxygen atoms in total. The normalized spacial score (nSPS) is 23.4. The second kappa shape index (κ2) is 6.13. The summed E-state index contributed by atoms with van der Waals surface area (Å²) in [6.45, 7) is 10.7. The molecule has 1 N–H and O–H groups in total. The summed E-state index contributed by atoms with van der Waals surface area (Å²) in [5.74, 6) is 1.54. The van der Waals surface area contributed by atoms with Gasteiger partial charge >= 0.3 is 0 Å². The minimum atomic E-state index is 0.410. The second-order valence-corrected chi connectivity index (χ2v) is 7.06. The maximum atomic E-state index is 6.27. The van der Waals surface area contributed by atoms with E-state index in [4.69, 9.17) is 11.6 Å². The van der Waals surface area contributed by atoms with Gasteiger partial charge in [-0.2, -0.15) is 0 Å². The largest absolute Gasteiger partial charge is 0.366 e. The summed E-state index contributed by atoms with van der Waals surface area (Å²) in [7, 11) is 0. The van der Waals surface area contributed by atoms with Crippen molar-refractivity contribution in [1.29, 1.82) is 0 Å². The van der Waals surface area contributed by atoms with Crippen LogP contribution in [-0.4, -0.2) is 16.0 Å². The number of hydrogen-bond acceptors (Lipinski definition) is 3. The molecule has 0 spiro atoms. The Hall–Kier alpha value is -1.09. The number of nitrogens with one attached hydrogen (secondary N) is 1. The number of halogens is 1. The lowest BCUT2D eigenvalue weighted by Crippen LogP contribution is -2.31. The zero-order valence-electron chi connectivity index (χ0n) is 12.6. The van der Waals surface area contributed by atoms with E-state index >= 15 is 0 Å². The molecule has 1 saturated carbocycles. The summed E-state index contributed by atoms with van der Waals surface area (Å²) in [6, 6.07) is 0.457. The minimum Gasteiger partial charge on any atom is -0.366 e. The van der Waals surface area contributed by atoms with E-state index in [-0.39, 0.29) is 0 Å². The smallest absolute Gasteiger partial charge is 0.149 e. The van der Waals surface area contributed by atoms with Crippen molar-refractivity contribution in [2.24, 2.45) is 11.3 Å². The number of anilines is 1. The Balaban J connectivity index is 1.98. The molecule has 2 rings (SSSR count). The zero-order chi connectivity index (χ0) is 14.8. The molecule has 0 unspecified atom stereocenters. The summed E-state index contributed by atoms with van der Waals surface area (Å²) < 4.78 is 0. The molecule has 1 aromatic heterocycles. The van der Waals surface area contributed by atoms with Crippen LogP contribution in [0.2, 0.25) is 5.02 Å². The summed E-state index contributed by atoms with van der Waals surface area (Å²) >= 11 is 6.27. The Labute approximate surface area is 126 Å². The number of hydrogen-bond donors (Lipinski definition) is 1. The fourth-order valence-corrected chi connectivity index (χ4v) is 3.15. The van der Waals surface area contributed by atoms with E-state index < -0.39 is 0 Å². The fraction of sp³-hybridized carbons (Fsp3) is 0.625. The van der Waals surface area contributed by atoms with Crippen LogP contribution in [0.4, 0.5) is 5.82 Å². The van der Waals surface area contributed by atoms with Gasteiger partial charge in [-0.05, 0) is 43.1 Å². The third-order valence-electron chi connectivity index (χ3n) is 4.30. The minimum absolute atomic E-state index is 0.410. The van der Waals surface area contributed by atoms with E-state index in [9.17, 15) is 0 Å². The first-order valence-corrected chi connectivity index (χ1v) is 7.69. The van der Waals surface area contributed by atoms with Crippen molar-refractivity contribution in [2.75, 3.05) is 5.32 Å². The Morgan fingerprint density at radius 1 is 1.25 bits per heavy atom. The van der Waals surface area contributed by atoms with Crippen molar-refractivity contribution in [3.8, 4) is 0 Å². The summed E-state index contributed by atoms with van der Waals surface area (Å²) in [6.07, 6.45) is 8.06. The average molecular weight is 294 g/mol. The van der Waals surface area contributed by atoms with Crippen LogP contribution in [0.15, 0.2) is 12.9 Å². The van der Waals surface area contributed by atoms with Crippen LogP contribution in [0.1, 0.15) is 52.1 Å². The highest BCUT2D eigenvalue weighted by Gasteiger charge is 2.29. The van der Waals surface area contributed by atoms with Crippen LogP contribution in [-0.2, 0) is 0 Å². The monoisotopic (exact) mass is 293 g/mol. The van der Waals surface area contributed by atoms with Gasteiger partial charge in [0.25, 0.3) is 0 Å². The molecular formula is C16H24ClN3. The number of aromatic nitrogens is 2. The molecule has 20 heavy (non-hydrogen) atoms. The topological polar surface area (TPSA) is 37.8 Å². The van der Waals surface area contributed by atoms with Gasteiger partial charge in [0.2, 0.25) is 0 Å². The number of nitrogens with zero attached hydrogens (tertiary/aromatic N) is 2. The molecular weight excluding hydrogens is 270 g/mol. The summed E-state index contributed by atoms with van der Waals surface area (Å²) in [4.78, 5) is 8.34. The van der Waals surface area contributed by atoms with Crippen LogP contribution in [0.25, 0.3) is 6.08 Å². The lowest BCUT2D eigenvalue weighted by Gasteiger charge is -2.37. The molecule has 4 heteroatoms. The Morgan fingerprint density at radius 3 is 2.45 bits per heavy atom. The maximum absolute atomic E-state index is 6.27. The highest BCUT2D eigenvalue weighted by atomic mass is 35.5. The zero-order valence-corrected chi connectivity index (χ0v) is 13.4. The first-order chi connectivity index (χ1) is 9.41. The van der Waals surface area contributed by atoms with Crippen molar-refractivity contribution in [1.82, 2.24) is 9.97 Å². The van der Waals surface area contributed by atoms with Crippen LogP contribution in [0.3, 0.4) is 0 Å². The predicted molar refractivity (Wildman–Crippen MR) is 86.0 cm³/mol. The van der Waals surface area contributed by atoms with Crippen LogP contribution < -0.4 is 5.32 Å². The Bertz CT molecular complexity index is 471. The van der Waals surface area contributed by atoms with Crippen LogP contribution in [0, 0.1) is 11.3 Å². The molecule has 0 aromatic carbocycles. The standard InChI is InChI=1S/C16H24ClN3/c1-5-13-14(17)15(19-10-18-13)20-12-8-6-11(7-9-12)16(2,3)4/h5,10-12H,1,6-9H2,2-4H3,(H,18,19,20)/t11-,12+. The van der Waals surface area contributed by atoms with Crippen LogP contribution in [0.5, 0.6) is 0 Å². The summed E-state index contributed by atoms with van der Waals surface area (Å²) in [5, 5.41) is 4.03. The van der Waals surface area contributed by atoms with Gasteiger partial charge in [0.05, 0.1) is 5.69 Å². The molecule has 1 fully saturated rings. The van der Waals surface area contributed by atoms with E-state index in [1.165, 1.54) is 32.0 Å². The van der Waals surface area contributed by atoms with Crippen molar-refractivity contribution in [3.05, 3.63) is 23.6 Å². The predicted octanol–water partition coefficient (Wildman–Crippen LogP) is 4.79. The van der Waals surface area contributed by atoms with Crippen molar-refractivity contribution in [3.63, 3.8) is 0 Å². The van der Waals surface area contributed by atoms with Gasteiger partial charge < -0.3 is 5.32 Å². The van der Waals surface area contributed by atoms with Gasteiger partial charge in [0, 0.05) is 6.04 Å². The van der Waals surface area contributed by atoms with Crippen molar-refractivity contribution < 1.29 is 0 Å². The molecule has 0 amide bonds. The van der Waals surface area contributed by atoms with E-state index in [0.29, 0.717) is 22.2 Å². The molecule has 1 aliphatic rings. The summed E-state index contributed by atoms with van der Waals surface area (Å²) in [5.41, 5.74) is 1.10. The van der Waals surface area contributed by atoms with Gasteiger partial charge in [-0.15, -0.1) is 0 Å². The Kier molecular flexibility index (Phi) is 4.69. The highest BCUT2D eigenvalue weighted by molar-refractivity contribution is 6.34. The molecule has 1 aliphatic carbocycles. The van der Waals surface area contributed by atoms with E-state index in [1.54, 1.807) is 6.08 Å².